The third-order valence-electron chi connectivity index (χ3n) is 3.40. The number of rotatable bonds is 5. The van der Waals surface area contributed by atoms with E-state index in [1.165, 1.54) is 0 Å². The maximum Gasteiger partial charge on any atom is 0.268 e. The van der Waals surface area contributed by atoms with Crippen molar-refractivity contribution in [3.63, 3.8) is 0 Å². The summed E-state index contributed by atoms with van der Waals surface area (Å²) >= 11 is 0. The molecular weight excluding hydrogens is 256 g/mol. The SMILES string of the molecule is CCC1Oc2ccc(O)cc2N(CCCN(C)C)C1=O. The molecule has 0 radical (unpaired) electrons. The number of nitrogens with zero attached hydrogens (tertiary/aromatic N) is 2. The van der Waals surface area contributed by atoms with Crippen LogP contribution in [0.1, 0.15) is 19.8 Å². The number of carbonyl (C=O) groups excluding carboxylic acids is 1. The Kier molecular flexibility index (Phi) is 4.49. The van der Waals surface area contributed by atoms with Crippen molar-refractivity contribution in [3.8, 4) is 11.5 Å². The zero-order chi connectivity index (χ0) is 14.7. The van der Waals surface area contributed by atoms with Crippen LogP contribution in [0, 0.1) is 0 Å². The molecule has 20 heavy (non-hydrogen) atoms. The maximum absolute atomic E-state index is 12.4. The molecule has 2 rings (SSSR count). The molecule has 0 aliphatic carbocycles. The number of anilines is 1. The number of hydrogen-bond acceptors (Lipinski definition) is 4. The first-order chi connectivity index (χ1) is 9.52. The molecule has 0 saturated carbocycles. The van der Waals surface area contributed by atoms with E-state index in [9.17, 15) is 9.90 Å². The molecule has 1 N–H and O–H groups in total. The van der Waals surface area contributed by atoms with Gasteiger partial charge in [0, 0.05) is 12.6 Å². The number of carbonyl (C=O) groups is 1. The van der Waals surface area contributed by atoms with E-state index in [1.54, 1.807) is 23.1 Å². The molecule has 0 spiro atoms. The molecule has 0 aromatic heterocycles. The van der Waals surface area contributed by atoms with E-state index in [2.05, 4.69) is 4.90 Å². The average Bonchev–Trinajstić information content (AvgIpc) is 2.41. The Labute approximate surface area is 119 Å². The van der Waals surface area contributed by atoms with E-state index in [4.69, 9.17) is 4.74 Å². The second kappa shape index (κ2) is 6.13. The summed E-state index contributed by atoms with van der Waals surface area (Å²) in [6, 6.07) is 4.90. The first kappa shape index (κ1) is 14.7. The van der Waals surface area contributed by atoms with Crippen LogP contribution in [0.25, 0.3) is 0 Å². The van der Waals surface area contributed by atoms with Gasteiger partial charge < -0.3 is 19.6 Å². The summed E-state index contributed by atoms with van der Waals surface area (Å²) in [7, 11) is 4.02. The van der Waals surface area contributed by atoms with Crippen LogP contribution < -0.4 is 9.64 Å². The normalized spacial score (nSPS) is 18.1. The smallest absolute Gasteiger partial charge is 0.268 e. The number of ether oxygens (including phenoxy) is 1. The van der Waals surface area contributed by atoms with Crippen molar-refractivity contribution in [2.75, 3.05) is 32.1 Å². The Bertz CT molecular complexity index is 488. The summed E-state index contributed by atoms with van der Waals surface area (Å²) in [4.78, 5) is 16.2. The molecule has 1 amide bonds. The second-order valence-electron chi connectivity index (χ2n) is 5.31. The minimum atomic E-state index is -0.425. The van der Waals surface area contributed by atoms with Crippen LogP contribution in [-0.2, 0) is 4.79 Å². The summed E-state index contributed by atoms with van der Waals surface area (Å²) in [5, 5.41) is 9.63. The topological polar surface area (TPSA) is 53.0 Å². The fraction of sp³-hybridized carbons (Fsp3) is 0.533. The van der Waals surface area contributed by atoms with Gasteiger partial charge in [0.15, 0.2) is 6.10 Å². The van der Waals surface area contributed by atoms with Gasteiger partial charge in [-0.25, -0.2) is 0 Å². The molecule has 110 valence electrons. The van der Waals surface area contributed by atoms with E-state index in [0.29, 0.717) is 24.4 Å². The highest BCUT2D eigenvalue weighted by atomic mass is 16.5. The third-order valence-corrected chi connectivity index (χ3v) is 3.40. The molecule has 1 unspecified atom stereocenters. The van der Waals surface area contributed by atoms with Gasteiger partial charge in [0.25, 0.3) is 5.91 Å². The summed E-state index contributed by atoms with van der Waals surface area (Å²) in [5.74, 6) is 0.788. The summed E-state index contributed by atoms with van der Waals surface area (Å²) < 4.78 is 5.69. The molecule has 1 atom stereocenters. The van der Waals surface area contributed by atoms with Crippen LogP contribution in [0.3, 0.4) is 0 Å². The molecule has 1 aromatic carbocycles. The Hall–Kier alpha value is -1.75. The van der Waals surface area contributed by atoms with Crippen molar-refractivity contribution in [1.29, 1.82) is 0 Å². The quantitative estimate of drug-likeness (QED) is 0.893. The number of aromatic hydroxyl groups is 1. The van der Waals surface area contributed by atoms with E-state index in [0.717, 1.165) is 13.0 Å². The number of fused-ring (bicyclic) bond motifs is 1. The van der Waals surface area contributed by atoms with E-state index in [1.807, 2.05) is 21.0 Å². The molecule has 0 saturated heterocycles. The molecule has 0 fully saturated rings. The lowest BCUT2D eigenvalue weighted by atomic mass is 10.1. The second-order valence-corrected chi connectivity index (χ2v) is 5.31. The number of phenols is 1. The zero-order valence-electron chi connectivity index (χ0n) is 12.3. The Balaban J connectivity index is 2.23. The molecule has 5 heteroatoms. The van der Waals surface area contributed by atoms with Gasteiger partial charge in [-0.05, 0) is 45.6 Å². The average molecular weight is 278 g/mol. The summed E-state index contributed by atoms with van der Waals surface area (Å²) in [6.45, 7) is 3.48. The lowest BCUT2D eigenvalue weighted by molar-refractivity contribution is -0.126. The van der Waals surface area contributed by atoms with Crippen molar-refractivity contribution in [3.05, 3.63) is 18.2 Å². The van der Waals surface area contributed by atoms with Crippen LogP contribution in [0.15, 0.2) is 18.2 Å². The van der Waals surface area contributed by atoms with Gasteiger partial charge in [0.2, 0.25) is 0 Å². The first-order valence-corrected chi connectivity index (χ1v) is 6.98. The maximum atomic E-state index is 12.4. The first-order valence-electron chi connectivity index (χ1n) is 6.98. The number of hydrogen-bond donors (Lipinski definition) is 1. The van der Waals surface area contributed by atoms with Crippen LogP contribution >= 0.6 is 0 Å². The Morgan fingerprint density at radius 3 is 2.80 bits per heavy atom. The molecule has 1 aliphatic heterocycles. The molecule has 1 heterocycles. The number of benzene rings is 1. The fourth-order valence-corrected chi connectivity index (χ4v) is 2.35. The largest absolute Gasteiger partial charge is 0.508 e. The van der Waals surface area contributed by atoms with Crippen molar-refractivity contribution in [2.24, 2.45) is 0 Å². The molecule has 5 nitrogen and oxygen atoms in total. The summed E-state index contributed by atoms with van der Waals surface area (Å²) in [6.07, 6.45) is 1.10. The Morgan fingerprint density at radius 2 is 2.15 bits per heavy atom. The predicted octanol–water partition coefficient (Wildman–Crippen LogP) is 1.85. The minimum Gasteiger partial charge on any atom is -0.508 e. The van der Waals surface area contributed by atoms with Gasteiger partial charge in [0.1, 0.15) is 11.5 Å². The van der Waals surface area contributed by atoms with Crippen LogP contribution in [0.5, 0.6) is 11.5 Å². The zero-order valence-corrected chi connectivity index (χ0v) is 12.3. The van der Waals surface area contributed by atoms with Gasteiger partial charge in [-0.3, -0.25) is 4.79 Å². The van der Waals surface area contributed by atoms with Gasteiger partial charge in [-0.2, -0.15) is 0 Å². The minimum absolute atomic E-state index is 0.0237. The number of amides is 1. The van der Waals surface area contributed by atoms with Gasteiger partial charge in [0.05, 0.1) is 5.69 Å². The van der Waals surface area contributed by atoms with Gasteiger partial charge in [-0.15, -0.1) is 0 Å². The van der Waals surface area contributed by atoms with Crippen molar-refractivity contribution in [2.45, 2.75) is 25.9 Å². The monoisotopic (exact) mass is 278 g/mol. The lowest BCUT2D eigenvalue weighted by Gasteiger charge is -2.34. The van der Waals surface area contributed by atoms with Crippen molar-refractivity contribution < 1.29 is 14.6 Å². The van der Waals surface area contributed by atoms with E-state index in [-0.39, 0.29) is 11.7 Å². The van der Waals surface area contributed by atoms with Crippen molar-refractivity contribution in [1.82, 2.24) is 4.90 Å². The lowest BCUT2D eigenvalue weighted by Crippen LogP contribution is -2.46. The number of phenolic OH excluding ortho intramolecular Hbond substituents is 1. The van der Waals surface area contributed by atoms with Crippen LogP contribution in [-0.4, -0.2) is 49.2 Å². The van der Waals surface area contributed by atoms with Crippen LogP contribution in [0.2, 0.25) is 0 Å². The van der Waals surface area contributed by atoms with Gasteiger partial charge >= 0.3 is 0 Å². The van der Waals surface area contributed by atoms with E-state index >= 15 is 0 Å². The Morgan fingerprint density at radius 1 is 1.40 bits per heavy atom. The standard InChI is InChI=1S/C15H22N2O3/c1-4-13-15(19)17(9-5-8-16(2)3)12-10-11(18)6-7-14(12)20-13/h6-7,10,13,18H,4-5,8-9H2,1-3H3. The predicted molar refractivity (Wildman–Crippen MR) is 78.3 cm³/mol. The highest BCUT2D eigenvalue weighted by molar-refractivity contribution is 6.00. The third kappa shape index (κ3) is 3.04. The molecule has 1 aromatic rings. The highest BCUT2D eigenvalue weighted by Crippen LogP contribution is 2.37. The molecular formula is C15H22N2O3. The van der Waals surface area contributed by atoms with Gasteiger partial charge in [-0.1, -0.05) is 6.92 Å². The fourth-order valence-electron chi connectivity index (χ4n) is 2.35. The summed E-state index contributed by atoms with van der Waals surface area (Å²) in [5.41, 5.74) is 0.665. The van der Waals surface area contributed by atoms with Crippen molar-refractivity contribution >= 4 is 11.6 Å². The van der Waals surface area contributed by atoms with Crippen LogP contribution in [0.4, 0.5) is 5.69 Å². The highest BCUT2D eigenvalue weighted by Gasteiger charge is 2.33. The molecule has 1 aliphatic rings. The van der Waals surface area contributed by atoms with E-state index < -0.39 is 6.10 Å². The molecule has 0 bridgehead atoms.